The van der Waals surface area contributed by atoms with Gasteiger partial charge in [-0.3, -0.25) is 9.59 Å². The molecule has 0 bridgehead atoms. The lowest BCUT2D eigenvalue weighted by Crippen LogP contribution is -2.02. The lowest BCUT2D eigenvalue weighted by atomic mass is 9.86. The lowest BCUT2D eigenvalue weighted by molar-refractivity contribution is 0.111. The highest BCUT2D eigenvalue weighted by molar-refractivity contribution is 6.16. The van der Waals surface area contributed by atoms with E-state index in [9.17, 15) is 9.59 Å². The van der Waals surface area contributed by atoms with E-state index in [1.807, 2.05) is 60.7 Å². The highest BCUT2D eigenvalue weighted by atomic mass is 16.5. The number of unbranched alkanes of at least 4 members (excludes halogenated alkanes) is 6. The summed E-state index contributed by atoms with van der Waals surface area (Å²) in [6.45, 7) is 5.63. The van der Waals surface area contributed by atoms with Gasteiger partial charge in [0.05, 0.1) is 13.2 Å². The molecule has 4 heteroatoms. The molecule has 0 amide bonds. The van der Waals surface area contributed by atoms with Gasteiger partial charge >= 0.3 is 0 Å². The van der Waals surface area contributed by atoms with E-state index in [1.54, 1.807) is 0 Å². The maximum atomic E-state index is 13.0. The number of hydrogen-bond acceptors (Lipinski definition) is 4. The van der Waals surface area contributed by atoms with Crippen LogP contribution < -0.4 is 9.47 Å². The van der Waals surface area contributed by atoms with Crippen molar-refractivity contribution in [2.75, 3.05) is 13.2 Å². The number of carbonyl (C=O) groups excluding carboxylic acids is 2. The molecule has 0 aromatic heterocycles. The zero-order chi connectivity index (χ0) is 33.3. The fourth-order valence-electron chi connectivity index (χ4n) is 6.86. The van der Waals surface area contributed by atoms with Crippen molar-refractivity contribution in [2.24, 2.45) is 0 Å². The predicted molar refractivity (Wildman–Crippen MR) is 200 cm³/mol. The zero-order valence-electron chi connectivity index (χ0n) is 28.1. The molecular formula is C44H44O4. The Balaban J connectivity index is 1.50. The molecule has 0 spiro atoms. The smallest absolute Gasteiger partial charge is 0.151 e. The van der Waals surface area contributed by atoms with Crippen LogP contribution in [0.1, 0.15) is 85.9 Å². The standard InChI is InChI=1S/C44H44O4/c1-3-5-7-13-27-47-41-25-19-31-15-9-11-17-33(31)43(41)37-23-21-36-35(39(37)29-45)22-24-38(40(36)30-46)44-34-18-12-10-16-32(34)20-26-42(44)48-28-14-8-6-4-2/h9-12,15-26,29-30H,3-8,13-14,27-28H2,1-2H3. The van der Waals surface area contributed by atoms with Gasteiger partial charge in [-0.2, -0.15) is 0 Å². The van der Waals surface area contributed by atoms with E-state index < -0.39 is 0 Å². The molecule has 0 aliphatic rings. The Kier molecular flexibility index (Phi) is 10.8. The van der Waals surface area contributed by atoms with Crippen molar-refractivity contribution in [3.63, 3.8) is 0 Å². The van der Waals surface area contributed by atoms with Crippen molar-refractivity contribution in [1.29, 1.82) is 0 Å². The minimum atomic E-state index is 0.541. The first-order chi connectivity index (χ1) is 23.7. The maximum Gasteiger partial charge on any atom is 0.151 e. The van der Waals surface area contributed by atoms with Crippen molar-refractivity contribution in [3.8, 4) is 33.8 Å². The average molecular weight is 637 g/mol. The topological polar surface area (TPSA) is 52.6 Å². The molecule has 6 rings (SSSR count). The van der Waals surface area contributed by atoms with Crippen LogP contribution in [0.5, 0.6) is 11.5 Å². The lowest BCUT2D eigenvalue weighted by Gasteiger charge is -2.19. The third-order valence-corrected chi connectivity index (χ3v) is 9.35. The molecule has 0 aliphatic heterocycles. The minimum Gasteiger partial charge on any atom is -0.493 e. The number of rotatable bonds is 16. The summed E-state index contributed by atoms with van der Waals surface area (Å²) < 4.78 is 12.8. The molecule has 0 unspecified atom stereocenters. The van der Waals surface area contributed by atoms with Crippen LogP contribution in [0.3, 0.4) is 0 Å². The van der Waals surface area contributed by atoms with E-state index in [0.717, 1.165) is 104 Å². The fraction of sp³-hybridized carbons (Fsp3) is 0.273. The number of hydrogen-bond donors (Lipinski definition) is 0. The third kappa shape index (κ3) is 6.71. The first-order valence-corrected chi connectivity index (χ1v) is 17.5. The second-order valence-corrected chi connectivity index (χ2v) is 12.5. The number of aldehydes is 2. The van der Waals surface area contributed by atoms with Crippen LogP contribution in [0, 0.1) is 0 Å². The van der Waals surface area contributed by atoms with Crippen LogP contribution >= 0.6 is 0 Å². The number of benzene rings is 6. The molecule has 244 valence electrons. The second-order valence-electron chi connectivity index (χ2n) is 12.5. The SMILES string of the molecule is CCCCCCOc1ccc2ccccc2c1-c1ccc2c(C=O)c(-c3c(OCCCCCC)ccc4ccccc34)ccc2c1C=O. The van der Waals surface area contributed by atoms with E-state index in [0.29, 0.717) is 24.3 Å². The van der Waals surface area contributed by atoms with Gasteiger partial charge in [0.15, 0.2) is 12.6 Å². The number of ether oxygens (including phenoxy) is 2. The highest BCUT2D eigenvalue weighted by Gasteiger charge is 2.21. The first kappa shape index (κ1) is 33.0. The van der Waals surface area contributed by atoms with E-state index in [1.165, 1.54) is 25.7 Å². The van der Waals surface area contributed by atoms with Crippen molar-refractivity contribution in [1.82, 2.24) is 0 Å². The molecule has 6 aromatic rings. The molecule has 0 saturated carbocycles. The van der Waals surface area contributed by atoms with Crippen LogP contribution in [0.2, 0.25) is 0 Å². The Labute approximate surface area is 283 Å². The van der Waals surface area contributed by atoms with Crippen molar-refractivity contribution in [2.45, 2.75) is 65.2 Å². The molecule has 0 N–H and O–H groups in total. The summed E-state index contributed by atoms with van der Waals surface area (Å²) in [5, 5.41) is 5.66. The van der Waals surface area contributed by atoms with Crippen LogP contribution in [0.4, 0.5) is 0 Å². The maximum absolute atomic E-state index is 13.0. The molecule has 0 fully saturated rings. The van der Waals surface area contributed by atoms with Crippen LogP contribution in [0.25, 0.3) is 54.6 Å². The molecule has 0 atom stereocenters. The van der Waals surface area contributed by atoms with Gasteiger partial charge in [-0.1, -0.05) is 137 Å². The summed E-state index contributed by atoms with van der Waals surface area (Å²) in [5.41, 5.74) is 4.47. The highest BCUT2D eigenvalue weighted by Crippen LogP contribution is 2.44. The normalized spacial score (nSPS) is 11.3. The molecule has 0 saturated heterocycles. The Morgan fingerprint density at radius 3 is 1.31 bits per heavy atom. The summed E-state index contributed by atoms with van der Waals surface area (Å²) in [4.78, 5) is 26.0. The van der Waals surface area contributed by atoms with Crippen LogP contribution in [0.15, 0.2) is 97.1 Å². The summed E-state index contributed by atoms with van der Waals surface area (Å²) >= 11 is 0. The average Bonchev–Trinajstić information content (AvgIpc) is 3.13. The van der Waals surface area contributed by atoms with Gasteiger partial charge in [0.2, 0.25) is 0 Å². The van der Waals surface area contributed by atoms with Gasteiger partial charge in [0.25, 0.3) is 0 Å². The quantitative estimate of drug-likeness (QED) is 0.0783. The van der Waals surface area contributed by atoms with Gasteiger partial charge in [0.1, 0.15) is 11.5 Å². The molecule has 48 heavy (non-hydrogen) atoms. The summed E-state index contributed by atoms with van der Waals surface area (Å²) in [6.07, 6.45) is 10.7. The first-order valence-electron chi connectivity index (χ1n) is 17.5. The summed E-state index contributed by atoms with van der Waals surface area (Å²) in [7, 11) is 0. The van der Waals surface area contributed by atoms with Crippen molar-refractivity contribution in [3.05, 3.63) is 108 Å². The molecule has 0 radical (unpaired) electrons. The van der Waals surface area contributed by atoms with Gasteiger partial charge in [-0.15, -0.1) is 0 Å². The van der Waals surface area contributed by atoms with Crippen LogP contribution in [-0.2, 0) is 0 Å². The fourth-order valence-corrected chi connectivity index (χ4v) is 6.86. The van der Waals surface area contributed by atoms with Gasteiger partial charge < -0.3 is 9.47 Å². The zero-order valence-corrected chi connectivity index (χ0v) is 28.1. The Hall–Kier alpha value is -4.96. The monoisotopic (exact) mass is 636 g/mol. The summed E-state index contributed by atoms with van der Waals surface area (Å²) in [6, 6.07) is 32.5. The Morgan fingerprint density at radius 2 is 0.896 bits per heavy atom. The Morgan fingerprint density at radius 1 is 0.458 bits per heavy atom. The molecule has 0 aliphatic carbocycles. The van der Waals surface area contributed by atoms with Gasteiger partial charge in [0, 0.05) is 22.3 Å². The minimum absolute atomic E-state index is 0.541. The van der Waals surface area contributed by atoms with Gasteiger partial charge in [-0.25, -0.2) is 0 Å². The van der Waals surface area contributed by atoms with E-state index in [-0.39, 0.29) is 0 Å². The van der Waals surface area contributed by atoms with Gasteiger partial charge in [-0.05, 0) is 68.4 Å². The molecule has 0 heterocycles. The van der Waals surface area contributed by atoms with Crippen molar-refractivity contribution < 1.29 is 19.1 Å². The predicted octanol–water partition coefficient (Wildman–Crippen LogP) is 12.0. The Bertz CT molecular complexity index is 1910. The van der Waals surface area contributed by atoms with E-state index in [2.05, 4.69) is 50.2 Å². The second kappa shape index (κ2) is 15.8. The van der Waals surface area contributed by atoms with E-state index in [4.69, 9.17) is 9.47 Å². The molecular weight excluding hydrogens is 592 g/mol. The third-order valence-electron chi connectivity index (χ3n) is 9.35. The largest absolute Gasteiger partial charge is 0.493 e. The summed E-state index contributed by atoms with van der Waals surface area (Å²) in [5.74, 6) is 1.52. The molecule has 4 nitrogen and oxygen atoms in total. The molecule has 6 aromatic carbocycles. The van der Waals surface area contributed by atoms with Crippen molar-refractivity contribution >= 4 is 44.9 Å². The van der Waals surface area contributed by atoms with E-state index >= 15 is 0 Å². The van der Waals surface area contributed by atoms with Crippen LogP contribution in [-0.4, -0.2) is 25.8 Å². The number of carbonyl (C=O) groups is 2. The number of fused-ring (bicyclic) bond motifs is 3.